The van der Waals surface area contributed by atoms with Crippen LogP contribution in [-0.4, -0.2) is 24.3 Å². The molecule has 0 aliphatic carbocycles. The van der Waals surface area contributed by atoms with E-state index in [4.69, 9.17) is 0 Å². The van der Waals surface area contributed by atoms with Gasteiger partial charge < -0.3 is 15.5 Å². The Labute approximate surface area is 212 Å². The van der Waals surface area contributed by atoms with Gasteiger partial charge in [-0.3, -0.25) is 14.4 Å². The summed E-state index contributed by atoms with van der Waals surface area (Å²) in [5.41, 5.74) is 7.03. The standard InChI is InChI=1S/C30H33N3O3/c1-5-21-9-7-10-22(6-2)28(21)33-18-24(17-27(33)34)30(36)31-25-12-8-11-23(16-25)29(35)32-26-14-13-19(3)15-20(26)4/h7-16,24H,5-6,17-18H2,1-4H3,(H,31,36)(H,32,35)/t24-/m1/s1. The van der Waals surface area contributed by atoms with Crippen molar-refractivity contribution in [3.05, 3.63) is 88.5 Å². The van der Waals surface area contributed by atoms with Crippen LogP contribution in [0.5, 0.6) is 0 Å². The summed E-state index contributed by atoms with van der Waals surface area (Å²) in [6, 6.07) is 18.8. The monoisotopic (exact) mass is 483 g/mol. The number of para-hydroxylation sites is 1. The third-order valence-corrected chi connectivity index (χ3v) is 6.75. The van der Waals surface area contributed by atoms with Gasteiger partial charge in [-0.25, -0.2) is 0 Å². The van der Waals surface area contributed by atoms with Crippen LogP contribution in [0.25, 0.3) is 0 Å². The van der Waals surface area contributed by atoms with E-state index in [0.717, 1.165) is 46.5 Å². The lowest BCUT2D eigenvalue weighted by Crippen LogP contribution is -2.29. The lowest BCUT2D eigenvalue weighted by molar-refractivity contribution is -0.122. The van der Waals surface area contributed by atoms with Crippen molar-refractivity contribution in [1.29, 1.82) is 0 Å². The molecule has 0 bridgehead atoms. The smallest absolute Gasteiger partial charge is 0.255 e. The Bertz CT molecular complexity index is 1290. The van der Waals surface area contributed by atoms with Crippen molar-refractivity contribution in [3.8, 4) is 0 Å². The predicted octanol–water partition coefficient (Wildman–Crippen LogP) is 5.67. The van der Waals surface area contributed by atoms with Gasteiger partial charge in [0.05, 0.1) is 5.92 Å². The first-order chi connectivity index (χ1) is 17.3. The topological polar surface area (TPSA) is 78.5 Å². The number of carbonyl (C=O) groups is 3. The highest BCUT2D eigenvalue weighted by molar-refractivity contribution is 6.07. The molecule has 3 aromatic rings. The van der Waals surface area contributed by atoms with E-state index in [-0.39, 0.29) is 24.1 Å². The van der Waals surface area contributed by atoms with Crippen LogP contribution < -0.4 is 15.5 Å². The van der Waals surface area contributed by atoms with E-state index < -0.39 is 5.92 Å². The van der Waals surface area contributed by atoms with Gasteiger partial charge in [0.25, 0.3) is 5.91 Å². The molecule has 1 atom stereocenters. The number of benzene rings is 3. The van der Waals surface area contributed by atoms with Gasteiger partial charge in [0, 0.05) is 35.6 Å². The molecule has 1 fully saturated rings. The minimum absolute atomic E-state index is 0.0349. The zero-order valence-electron chi connectivity index (χ0n) is 21.4. The number of amides is 3. The molecule has 1 aliphatic rings. The summed E-state index contributed by atoms with van der Waals surface area (Å²) < 4.78 is 0. The molecule has 1 saturated heterocycles. The zero-order chi connectivity index (χ0) is 25.8. The summed E-state index contributed by atoms with van der Waals surface area (Å²) >= 11 is 0. The molecule has 0 unspecified atom stereocenters. The largest absolute Gasteiger partial charge is 0.326 e. The number of nitrogens with one attached hydrogen (secondary N) is 2. The Morgan fingerprint density at radius 1 is 0.917 bits per heavy atom. The maximum atomic E-state index is 13.1. The van der Waals surface area contributed by atoms with E-state index in [1.807, 2.05) is 50.2 Å². The molecule has 3 aromatic carbocycles. The van der Waals surface area contributed by atoms with Gasteiger partial charge in [-0.1, -0.05) is 55.8 Å². The molecule has 186 valence electrons. The third kappa shape index (κ3) is 5.33. The van der Waals surface area contributed by atoms with Gasteiger partial charge >= 0.3 is 0 Å². The van der Waals surface area contributed by atoms with E-state index in [1.54, 1.807) is 29.2 Å². The van der Waals surface area contributed by atoms with Crippen LogP contribution in [0.1, 0.15) is 52.9 Å². The van der Waals surface area contributed by atoms with E-state index >= 15 is 0 Å². The molecular weight excluding hydrogens is 450 g/mol. The summed E-state index contributed by atoms with van der Waals surface area (Å²) in [4.78, 5) is 40.6. The minimum Gasteiger partial charge on any atom is -0.326 e. The molecular formula is C30H33N3O3. The van der Waals surface area contributed by atoms with Crippen molar-refractivity contribution in [2.75, 3.05) is 22.1 Å². The molecule has 6 heteroatoms. The second-order valence-electron chi connectivity index (χ2n) is 9.38. The Balaban J connectivity index is 1.46. The van der Waals surface area contributed by atoms with Crippen molar-refractivity contribution in [3.63, 3.8) is 0 Å². The molecule has 6 nitrogen and oxygen atoms in total. The number of carbonyl (C=O) groups excluding carboxylic acids is 3. The molecule has 36 heavy (non-hydrogen) atoms. The first-order valence-electron chi connectivity index (χ1n) is 12.5. The van der Waals surface area contributed by atoms with Gasteiger partial charge in [0.2, 0.25) is 11.8 Å². The van der Waals surface area contributed by atoms with Gasteiger partial charge in [-0.2, -0.15) is 0 Å². The number of hydrogen-bond acceptors (Lipinski definition) is 3. The van der Waals surface area contributed by atoms with Crippen LogP contribution in [0.4, 0.5) is 17.1 Å². The first-order valence-corrected chi connectivity index (χ1v) is 12.5. The van der Waals surface area contributed by atoms with Crippen LogP contribution in [-0.2, 0) is 22.4 Å². The second kappa shape index (κ2) is 10.8. The van der Waals surface area contributed by atoms with Crippen molar-refractivity contribution < 1.29 is 14.4 Å². The SMILES string of the molecule is CCc1cccc(CC)c1N1C[C@H](C(=O)Nc2cccc(C(=O)Nc3ccc(C)cc3C)c2)CC1=O. The van der Waals surface area contributed by atoms with Gasteiger partial charge in [0.15, 0.2) is 0 Å². The Hall–Kier alpha value is -3.93. The van der Waals surface area contributed by atoms with Crippen LogP contribution in [0.2, 0.25) is 0 Å². The average molecular weight is 484 g/mol. The molecule has 1 heterocycles. The molecule has 0 spiro atoms. The van der Waals surface area contributed by atoms with E-state index in [1.165, 1.54) is 0 Å². The summed E-state index contributed by atoms with van der Waals surface area (Å²) in [6.45, 7) is 8.46. The van der Waals surface area contributed by atoms with Crippen LogP contribution in [0, 0.1) is 19.8 Å². The van der Waals surface area contributed by atoms with Crippen LogP contribution >= 0.6 is 0 Å². The fourth-order valence-electron chi connectivity index (χ4n) is 4.79. The molecule has 1 aliphatic heterocycles. The molecule has 3 amide bonds. The summed E-state index contributed by atoms with van der Waals surface area (Å²) in [5.74, 6) is -0.958. The quantitative estimate of drug-likeness (QED) is 0.454. The molecule has 0 aromatic heterocycles. The van der Waals surface area contributed by atoms with Gasteiger partial charge in [-0.15, -0.1) is 0 Å². The molecule has 2 N–H and O–H groups in total. The lowest BCUT2D eigenvalue weighted by atomic mass is 10.0. The maximum absolute atomic E-state index is 13.1. The highest BCUT2D eigenvalue weighted by Crippen LogP contribution is 2.33. The van der Waals surface area contributed by atoms with E-state index in [9.17, 15) is 14.4 Å². The maximum Gasteiger partial charge on any atom is 0.255 e. The van der Waals surface area contributed by atoms with Gasteiger partial charge in [0.1, 0.15) is 0 Å². The average Bonchev–Trinajstić information content (AvgIpc) is 3.26. The highest BCUT2D eigenvalue weighted by Gasteiger charge is 2.36. The number of rotatable bonds is 7. The third-order valence-electron chi connectivity index (χ3n) is 6.75. The second-order valence-corrected chi connectivity index (χ2v) is 9.38. The molecule has 0 saturated carbocycles. The number of nitrogens with zero attached hydrogens (tertiary/aromatic N) is 1. The summed E-state index contributed by atoms with van der Waals surface area (Å²) in [6.07, 6.45) is 1.81. The minimum atomic E-state index is -0.459. The van der Waals surface area contributed by atoms with Crippen molar-refractivity contribution in [2.24, 2.45) is 5.92 Å². The van der Waals surface area contributed by atoms with Gasteiger partial charge in [-0.05, 0) is 67.6 Å². The molecule has 4 rings (SSSR count). The van der Waals surface area contributed by atoms with Crippen molar-refractivity contribution >= 4 is 34.8 Å². The van der Waals surface area contributed by atoms with Crippen LogP contribution in [0.3, 0.4) is 0 Å². The number of hydrogen-bond donors (Lipinski definition) is 2. The van der Waals surface area contributed by atoms with Crippen LogP contribution in [0.15, 0.2) is 60.7 Å². The molecule has 0 radical (unpaired) electrons. The lowest BCUT2D eigenvalue weighted by Gasteiger charge is -2.23. The van der Waals surface area contributed by atoms with E-state index in [0.29, 0.717) is 17.8 Å². The highest BCUT2D eigenvalue weighted by atomic mass is 16.2. The summed E-state index contributed by atoms with van der Waals surface area (Å²) in [7, 11) is 0. The number of anilines is 3. The zero-order valence-corrected chi connectivity index (χ0v) is 21.4. The fourth-order valence-corrected chi connectivity index (χ4v) is 4.79. The predicted molar refractivity (Wildman–Crippen MR) is 145 cm³/mol. The summed E-state index contributed by atoms with van der Waals surface area (Å²) in [5, 5.41) is 5.85. The number of aryl methyl sites for hydroxylation is 4. The van der Waals surface area contributed by atoms with Crippen molar-refractivity contribution in [1.82, 2.24) is 0 Å². The Morgan fingerprint density at radius 2 is 1.61 bits per heavy atom. The first kappa shape index (κ1) is 25.2. The Kier molecular flexibility index (Phi) is 7.53. The van der Waals surface area contributed by atoms with E-state index in [2.05, 4.69) is 24.5 Å². The normalized spacial score (nSPS) is 15.2. The fraction of sp³-hybridized carbons (Fsp3) is 0.300. The van der Waals surface area contributed by atoms with Crippen molar-refractivity contribution in [2.45, 2.75) is 47.0 Å². The Morgan fingerprint density at radius 3 is 2.28 bits per heavy atom.